The van der Waals surface area contributed by atoms with E-state index in [0.717, 1.165) is 22.5 Å². The second-order valence-corrected chi connectivity index (χ2v) is 6.11. The zero-order valence-electron chi connectivity index (χ0n) is 11.0. The van der Waals surface area contributed by atoms with Crippen LogP contribution >= 0.6 is 0 Å². The summed E-state index contributed by atoms with van der Waals surface area (Å²) in [6.45, 7) is 3.69. The van der Waals surface area contributed by atoms with Gasteiger partial charge in [-0.2, -0.15) is 4.39 Å². The topological polar surface area (TPSA) is 80.5 Å². The van der Waals surface area contributed by atoms with Crippen LogP contribution in [0.15, 0.2) is 35.7 Å². The summed E-state index contributed by atoms with van der Waals surface area (Å²) in [5, 5.41) is 10.8. The van der Waals surface area contributed by atoms with Crippen LogP contribution in [0.2, 0.25) is 0 Å². The van der Waals surface area contributed by atoms with Gasteiger partial charge in [-0.25, -0.2) is 12.7 Å². The molecule has 0 atom stereocenters. The molecular formula is C12H15FN2O4S. The molecule has 0 aliphatic rings. The van der Waals surface area contributed by atoms with Gasteiger partial charge in [0.15, 0.2) is 4.90 Å². The molecule has 6 nitrogen and oxygen atoms in total. The molecule has 1 aromatic carbocycles. The van der Waals surface area contributed by atoms with Gasteiger partial charge in [0.2, 0.25) is 15.8 Å². The highest BCUT2D eigenvalue weighted by Gasteiger charge is 2.31. The van der Waals surface area contributed by atoms with E-state index in [1.807, 2.05) is 0 Å². The molecule has 0 heterocycles. The second kappa shape index (κ2) is 6.58. The van der Waals surface area contributed by atoms with Gasteiger partial charge in [0, 0.05) is 13.6 Å². The summed E-state index contributed by atoms with van der Waals surface area (Å²) in [6.07, 6.45) is 2.79. The number of benzene rings is 1. The Bertz CT molecular complexity index is 616. The van der Waals surface area contributed by atoms with Gasteiger partial charge in [-0.15, -0.1) is 6.58 Å². The first-order valence-electron chi connectivity index (χ1n) is 5.82. The molecule has 1 rings (SSSR count). The Morgan fingerprint density at radius 2 is 2.15 bits per heavy atom. The van der Waals surface area contributed by atoms with Crippen LogP contribution in [-0.4, -0.2) is 31.2 Å². The molecule has 0 unspecified atom stereocenters. The Labute approximate surface area is 116 Å². The number of allylic oxidation sites excluding steroid dienone is 1. The highest BCUT2D eigenvalue weighted by atomic mass is 32.2. The van der Waals surface area contributed by atoms with Crippen LogP contribution in [0.5, 0.6) is 0 Å². The SMILES string of the molecule is C=CCCCN(C)S(=O)(=O)c1cccc(F)c1[N+](=O)[O-]. The van der Waals surface area contributed by atoms with Crippen molar-refractivity contribution < 1.29 is 17.7 Å². The third-order valence-corrected chi connectivity index (χ3v) is 4.59. The number of para-hydroxylation sites is 1. The zero-order chi connectivity index (χ0) is 15.3. The Hall–Kier alpha value is -1.80. The molecule has 8 heteroatoms. The van der Waals surface area contributed by atoms with Gasteiger partial charge in [0.25, 0.3) is 0 Å². The van der Waals surface area contributed by atoms with Gasteiger partial charge in [-0.3, -0.25) is 10.1 Å². The molecule has 0 saturated carbocycles. The van der Waals surface area contributed by atoms with E-state index < -0.39 is 31.3 Å². The Morgan fingerprint density at radius 1 is 1.50 bits per heavy atom. The molecule has 0 spiro atoms. The first-order chi connectivity index (χ1) is 9.32. The van der Waals surface area contributed by atoms with Crippen LogP contribution in [0.1, 0.15) is 12.8 Å². The number of nitrogens with zero attached hydrogens (tertiary/aromatic N) is 2. The molecule has 0 aromatic heterocycles. The van der Waals surface area contributed by atoms with Gasteiger partial charge >= 0.3 is 5.69 Å². The van der Waals surface area contributed by atoms with Crippen LogP contribution < -0.4 is 0 Å². The van der Waals surface area contributed by atoms with Crippen LogP contribution in [0.3, 0.4) is 0 Å². The smallest absolute Gasteiger partial charge is 0.258 e. The van der Waals surface area contributed by atoms with Gasteiger partial charge in [-0.05, 0) is 25.0 Å². The lowest BCUT2D eigenvalue weighted by atomic mass is 10.3. The van der Waals surface area contributed by atoms with Crippen molar-refractivity contribution in [2.24, 2.45) is 0 Å². The number of sulfonamides is 1. The predicted molar refractivity (Wildman–Crippen MR) is 72.3 cm³/mol. The summed E-state index contributed by atoms with van der Waals surface area (Å²) in [6, 6.07) is 3.02. The summed E-state index contributed by atoms with van der Waals surface area (Å²) in [5.41, 5.74) is -1.02. The molecule has 110 valence electrons. The van der Waals surface area contributed by atoms with E-state index in [1.165, 1.54) is 7.05 Å². The van der Waals surface area contributed by atoms with Crippen molar-refractivity contribution in [2.75, 3.05) is 13.6 Å². The largest absolute Gasteiger partial charge is 0.324 e. The Balaban J connectivity index is 3.19. The van der Waals surface area contributed by atoms with Gasteiger partial charge in [0.05, 0.1) is 4.92 Å². The van der Waals surface area contributed by atoms with E-state index in [0.29, 0.717) is 12.8 Å². The van der Waals surface area contributed by atoms with Crippen molar-refractivity contribution in [3.05, 3.63) is 46.8 Å². The molecule has 1 aromatic rings. The van der Waals surface area contributed by atoms with Crippen molar-refractivity contribution in [1.82, 2.24) is 4.31 Å². The lowest BCUT2D eigenvalue weighted by molar-refractivity contribution is -0.390. The molecule has 0 amide bonds. The average molecular weight is 302 g/mol. The van der Waals surface area contributed by atoms with Gasteiger partial charge in [0.1, 0.15) is 0 Å². The third kappa shape index (κ3) is 3.40. The molecule has 0 saturated heterocycles. The first-order valence-corrected chi connectivity index (χ1v) is 7.26. The highest BCUT2D eigenvalue weighted by molar-refractivity contribution is 7.89. The lowest BCUT2D eigenvalue weighted by Gasteiger charge is -2.16. The standard InChI is InChI=1S/C12H15FN2O4S/c1-3-4-5-9-14(2)20(18,19)11-8-6-7-10(13)12(11)15(16)17/h3,6-8H,1,4-5,9H2,2H3. The fourth-order valence-electron chi connectivity index (χ4n) is 1.63. The Morgan fingerprint density at radius 3 is 2.70 bits per heavy atom. The number of unbranched alkanes of at least 4 members (excludes halogenated alkanes) is 1. The van der Waals surface area contributed by atoms with Crippen molar-refractivity contribution in [2.45, 2.75) is 17.7 Å². The molecule has 0 radical (unpaired) electrons. The number of nitro groups is 1. The van der Waals surface area contributed by atoms with E-state index >= 15 is 0 Å². The average Bonchev–Trinajstić information content (AvgIpc) is 2.38. The highest BCUT2D eigenvalue weighted by Crippen LogP contribution is 2.28. The van der Waals surface area contributed by atoms with Crippen molar-refractivity contribution in [3.8, 4) is 0 Å². The molecule has 0 bridgehead atoms. The monoisotopic (exact) mass is 302 g/mol. The number of hydrogen-bond donors (Lipinski definition) is 0. The summed E-state index contributed by atoms with van der Waals surface area (Å²) < 4.78 is 38.9. The van der Waals surface area contributed by atoms with E-state index in [-0.39, 0.29) is 6.54 Å². The third-order valence-electron chi connectivity index (χ3n) is 2.70. The number of rotatable bonds is 7. The van der Waals surface area contributed by atoms with Crippen molar-refractivity contribution in [1.29, 1.82) is 0 Å². The second-order valence-electron chi connectivity index (χ2n) is 4.10. The normalized spacial score (nSPS) is 11.6. The van der Waals surface area contributed by atoms with Crippen LogP contribution in [-0.2, 0) is 10.0 Å². The Kier molecular flexibility index (Phi) is 5.34. The minimum absolute atomic E-state index is 0.169. The van der Waals surface area contributed by atoms with E-state index in [2.05, 4.69) is 6.58 Å². The molecule has 0 aliphatic carbocycles. The van der Waals surface area contributed by atoms with Gasteiger partial charge in [-0.1, -0.05) is 12.1 Å². The minimum atomic E-state index is -4.10. The van der Waals surface area contributed by atoms with E-state index in [4.69, 9.17) is 0 Å². The summed E-state index contributed by atoms with van der Waals surface area (Å²) >= 11 is 0. The van der Waals surface area contributed by atoms with Crippen molar-refractivity contribution in [3.63, 3.8) is 0 Å². The van der Waals surface area contributed by atoms with Crippen LogP contribution in [0.4, 0.5) is 10.1 Å². The minimum Gasteiger partial charge on any atom is -0.258 e. The van der Waals surface area contributed by atoms with Crippen LogP contribution in [0, 0.1) is 15.9 Å². The fraction of sp³-hybridized carbons (Fsp3) is 0.333. The maximum Gasteiger partial charge on any atom is 0.324 e. The summed E-state index contributed by atoms with van der Waals surface area (Å²) in [5.74, 6) is -1.17. The molecule has 20 heavy (non-hydrogen) atoms. The molecular weight excluding hydrogens is 287 g/mol. The number of nitro benzene ring substituents is 1. The number of hydrogen-bond acceptors (Lipinski definition) is 4. The molecule has 0 aliphatic heterocycles. The molecule has 0 fully saturated rings. The van der Waals surface area contributed by atoms with E-state index in [1.54, 1.807) is 6.08 Å². The predicted octanol–water partition coefficient (Wildman–Crippen LogP) is 2.32. The zero-order valence-corrected chi connectivity index (χ0v) is 11.8. The lowest BCUT2D eigenvalue weighted by Crippen LogP contribution is -2.28. The molecule has 0 N–H and O–H groups in total. The number of halogens is 1. The van der Waals surface area contributed by atoms with Crippen molar-refractivity contribution >= 4 is 15.7 Å². The van der Waals surface area contributed by atoms with Crippen LogP contribution in [0.25, 0.3) is 0 Å². The summed E-state index contributed by atoms with van der Waals surface area (Å²) in [4.78, 5) is 9.18. The summed E-state index contributed by atoms with van der Waals surface area (Å²) in [7, 11) is -2.80. The maximum atomic E-state index is 13.5. The maximum absolute atomic E-state index is 13.5. The van der Waals surface area contributed by atoms with Gasteiger partial charge < -0.3 is 0 Å². The first kappa shape index (κ1) is 16.3. The fourth-order valence-corrected chi connectivity index (χ4v) is 3.00. The quantitative estimate of drug-likeness (QED) is 0.335. The van der Waals surface area contributed by atoms with E-state index in [9.17, 15) is 22.9 Å².